The van der Waals surface area contributed by atoms with E-state index in [-0.39, 0.29) is 12.1 Å². The number of aryl methyl sites for hydroxylation is 1. The maximum atomic E-state index is 13.2. The lowest BCUT2D eigenvalue weighted by atomic mass is 9.89. The Morgan fingerprint density at radius 3 is 2.08 bits per heavy atom. The van der Waals surface area contributed by atoms with E-state index in [0.29, 0.717) is 0 Å². The van der Waals surface area contributed by atoms with Crippen LogP contribution in [0.2, 0.25) is 0 Å². The van der Waals surface area contributed by atoms with Gasteiger partial charge in [-0.25, -0.2) is 13.2 Å². The Morgan fingerprint density at radius 1 is 1.21 bits per heavy atom. The van der Waals surface area contributed by atoms with E-state index in [1.807, 2.05) is 13.8 Å². The van der Waals surface area contributed by atoms with Gasteiger partial charge >= 0.3 is 6.18 Å². The zero-order chi connectivity index (χ0) is 18.7. The molecule has 1 saturated carbocycles. The Balaban J connectivity index is 0.000000346. The Kier molecular flexibility index (Phi) is 6.72. The average molecular weight is 360 g/mol. The number of halogens is 6. The summed E-state index contributed by atoms with van der Waals surface area (Å²) in [6.45, 7) is 4.00. The number of rotatable bonds is 0. The minimum atomic E-state index is -4.85. The molecule has 1 unspecified atom stereocenters. The second kappa shape index (κ2) is 7.76. The number of hydrogen-bond acceptors (Lipinski definition) is 2. The van der Waals surface area contributed by atoms with Crippen molar-refractivity contribution in [3.05, 3.63) is 17.0 Å². The number of fused-ring (bicyclic) bond motifs is 1. The fourth-order valence-corrected chi connectivity index (χ4v) is 2.36. The number of aromatic nitrogens is 2. The lowest BCUT2D eigenvalue weighted by Crippen LogP contribution is -2.33. The van der Waals surface area contributed by atoms with Gasteiger partial charge in [-0.3, -0.25) is 4.68 Å². The molecule has 9 heteroatoms. The molecule has 0 aliphatic heterocycles. The first-order valence-corrected chi connectivity index (χ1v) is 7.87. The summed E-state index contributed by atoms with van der Waals surface area (Å²) in [4.78, 5) is 0. The molecule has 0 bridgehead atoms. The van der Waals surface area contributed by atoms with Crippen molar-refractivity contribution in [3.8, 4) is 0 Å². The first kappa shape index (κ1) is 20.8. The molecule has 0 aromatic carbocycles. The van der Waals surface area contributed by atoms with Crippen molar-refractivity contribution >= 4 is 0 Å². The molecule has 0 spiro atoms. The molecule has 0 saturated heterocycles. The van der Waals surface area contributed by atoms with E-state index in [4.69, 9.17) is 0 Å². The van der Waals surface area contributed by atoms with Gasteiger partial charge in [0.15, 0.2) is 5.69 Å². The molecule has 1 heterocycles. The highest BCUT2D eigenvalue weighted by atomic mass is 19.4. The van der Waals surface area contributed by atoms with E-state index >= 15 is 0 Å². The zero-order valence-corrected chi connectivity index (χ0v) is 13.8. The second-order valence-electron chi connectivity index (χ2n) is 5.52. The Labute approximate surface area is 136 Å². The summed E-state index contributed by atoms with van der Waals surface area (Å²) in [6, 6.07) is 0. The first-order chi connectivity index (χ1) is 11.0. The Morgan fingerprint density at radius 2 is 1.71 bits per heavy atom. The lowest BCUT2D eigenvalue weighted by molar-refractivity contribution is -0.150. The third-order valence-electron chi connectivity index (χ3n) is 3.88. The van der Waals surface area contributed by atoms with E-state index in [2.05, 4.69) is 5.10 Å². The molecule has 0 amide bonds. The summed E-state index contributed by atoms with van der Waals surface area (Å²) in [5.41, 5.74) is -2.21. The summed E-state index contributed by atoms with van der Waals surface area (Å²) in [5, 5.41) is 12.5. The topological polar surface area (TPSA) is 38.0 Å². The number of nitrogens with zero attached hydrogens (tertiary/aromatic N) is 2. The third kappa shape index (κ3) is 4.43. The molecular weight excluding hydrogens is 338 g/mol. The van der Waals surface area contributed by atoms with Gasteiger partial charge in [0.1, 0.15) is 12.3 Å². The number of aliphatic hydroxyl groups excluding tert-OH is 1. The molecular formula is C15H22F6N2O. The fourth-order valence-electron chi connectivity index (χ4n) is 2.36. The number of alkyl halides is 6. The Hall–Kier alpha value is -1.25. The number of hydrogen-bond donors (Lipinski definition) is 1. The normalized spacial score (nSPS) is 22.3. The monoisotopic (exact) mass is 360 g/mol. The maximum Gasteiger partial charge on any atom is 0.435 e. The van der Waals surface area contributed by atoms with E-state index in [1.165, 1.54) is 7.05 Å². The van der Waals surface area contributed by atoms with Gasteiger partial charge in [0, 0.05) is 24.7 Å². The van der Waals surface area contributed by atoms with Crippen LogP contribution in [0.15, 0.2) is 0 Å². The van der Waals surface area contributed by atoms with Crippen LogP contribution in [0.3, 0.4) is 0 Å². The van der Waals surface area contributed by atoms with Gasteiger partial charge in [-0.05, 0) is 25.7 Å². The van der Waals surface area contributed by atoms with Gasteiger partial charge in [-0.1, -0.05) is 13.8 Å². The minimum absolute atomic E-state index is 0.00995. The van der Waals surface area contributed by atoms with Crippen LogP contribution in [-0.4, -0.2) is 27.0 Å². The average Bonchev–Trinajstić information content (AvgIpc) is 2.81. The molecule has 3 rings (SSSR count). The molecule has 2 aliphatic carbocycles. The standard InChI is InChI=1S/C9H9F5N2O.C4H7F.C2H6/c1-16-4-2-3-8(10,11)7(17)5(4)6(15-16)9(12,13)14;5-4-2-1-3-4;1-2/h7,17H,2-3H2,1H3;4H,1-3H2;1-2H3. The predicted molar refractivity (Wildman–Crippen MR) is 76.5 cm³/mol. The van der Waals surface area contributed by atoms with Crippen LogP contribution in [-0.2, 0) is 19.6 Å². The van der Waals surface area contributed by atoms with Crippen molar-refractivity contribution in [1.82, 2.24) is 9.78 Å². The molecule has 1 N–H and O–H groups in total. The largest absolute Gasteiger partial charge is 0.435 e. The van der Waals surface area contributed by atoms with Gasteiger partial charge in [-0.15, -0.1) is 0 Å². The van der Waals surface area contributed by atoms with Crippen LogP contribution < -0.4 is 0 Å². The van der Waals surface area contributed by atoms with Gasteiger partial charge in [0.2, 0.25) is 0 Å². The summed E-state index contributed by atoms with van der Waals surface area (Å²) in [6.07, 6.45) is -5.90. The van der Waals surface area contributed by atoms with Crippen molar-refractivity contribution in [2.24, 2.45) is 7.05 Å². The fraction of sp³-hybridized carbons (Fsp3) is 0.800. The SMILES string of the molecule is CC.Cn1nc(C(F)(F)F)c2c1CCC(F)(F)C2O.FC1CCC1. The van der Waals surface area contributed by atoms with Crippen LogP contribution in [0.25, 0.3) is 0 Å². The van der Waals surface area contributed by atoms with Crippen molar-refractivity contribution in [1.29, 1.82) is 0 Å². The van der Waals surface area contributed by atoms with E-state index in [9.17, 15) is 31.4 Å². The van der Waals surface area contributed by atoms with Crippen LogP contribution >= 0.6 is 0 Å². The highest BCUT2D eigenvalue weighted by Gasteiger charge is 2.50. The number of aliphatic hydroxyl groups is 1. The van der Waals surface area contributed by atoms with E-state index in [0.717, 1.165) is 23.9 Å². The second-order valence-corrected chi connectivity index (χ2v) is 5.52. The lowest BCUT2D eigenvalue weighted by Gasteiger charge is -2.28. The van der Waals surface area contributed by atoms with Crippen LogP contribution in [0.5, 0.6) is 0 Å². The smallest absolute Gasteiger partial charge is 0.382 e. The van der Waals surface area contributed by atoms with E-state index in [1.54, 1.807) is 0 Å². The maximum absolute atomic E-state index is 13.2. The molecule has 0 radical (unpaired) electrons. The molecule has 140 valence electrons. The van der Waals surface area contributed by atoms with Gasteiger partial charge in [0.25, 0.3) is 5.92 Å². The molecule has 3 nitrogen and oxygen atoms in total. The van der Waals surface area contributed by atoms with Crippen LogP contribution in [0.4, 0.5) is 26.3 Å². The van der Waals surface area contributed by atoms with Gasteiger partial charge in [-0.2, -0.15) is 18.3 Å². The van der Waals surface area contributed by atoms with Crippen LogP contribution in [0.1, 0.15) is 62.6 Å². The highest BCUT2D eigenvalue weighted by molar-refractivity contribution is 5.34. The van der Waals surface area contributed by atoms with Crippen molar-refractivity contribution in [2.45, 2.75) is 70.3 Å². The molecule has 2 aliphatic rings. The Bertz CT molecular complexity index is 537. The van der Waals surface area contributed by atoms with E-state index < -0.39 is 42.1 Å². The van der Waals surface area contributed by atoms with Crippen molar-refractivity contribution in [2.75, 3.05) is 0 Å². The van der Waals surface area contributed by atoms with Crippen molar-refractivity contribution < 1.29 is 31.4 Å². The molecule has 1 fully saturated rings. The summed E-state index contributed by atoms with van der Waals surface area (Å²) in [7, 11) is 1.24. The van der Waals surface area contributed by atoms with Gasteiger partial charge < -0.3 is 5.11 Å². The summed E-state index contributed by atoms with van der Waals surface area (Å²) in [5.74, 6) is -3.55. The van der Waals surface area contributed by atoms with Gasteiger partial charge in [0.05, 0.1) is 0 Å². The highest BCUT2D eigenvalue weighted by Crippen LogP contribution is 2.46. The zero-order valence-electron chi connectivity index (χ0n) is 13.8. The molecule has 1 aromatic heterocycles. The van der Waals surface area contributed by atoms with Crippen LogP contribution in [0, 0.1) is 0 Å². The molecule has 1 aromatic rings. The summed E-state index contributed by atoms with van der Waals surface area (Å²) >= 11 is 0. The predicted octanol–water partition coefficient (Wildman–Crippen LogP) is 4.59. The third-order valence-corrected chi connectivity index (χ3v) is 3.88. The van der Waals surface area contributed by atoms with Crippen molar-refractivity contribution in [3.63, 3.8) is 0 Å². The minimum Gasteiger partial charge on any atom is -0.382 e. The quantitative estimate of drug-likeness (QED) is 0.688. The first-order valence-electron chi connectivity index (χ1n) is 7.87. The molecule has 1 atom stereocenters. The summed E-state index contributed by atoms with van der Waals surface area (Å²) < 4.78 is 76.6. The molecule has 24 heavy (non-hydrogen) atoms.